The fraction of sp³-hybridized carbons (Fsp3) is 0.385. The van der Waals surface area contributed by atoms with Crippen molar-refractivity contribution in [3.8, 4) is 0 Å². The topological polar surface area (TPSA) is 15.3 Å². The van der Waals surface area contributed by atoms with Gasteiger partial charge in [-0.1, -0.05) is 23.7 Å². The zero-order valence-electron chi connectivity index (χ0n) is 9.32. The van der Waals surface area contributed by atoms with E-state index in [1.807, 2.05) is 24.3 Å². The van der Waals surface area contributed by atoms with E-state index < -0.39 is 0 Å². The molecule has 1 heterocycles. The number of piperazine rings is 1. The van der Waals surface area contributed by atoms with Gasteiger partial charge in [-0.2, -0.15) is 0 Å². The number of hydrogen-bond donors (Lipinski definition) is 1. The predicted octanol–water partition coefficient (Wildman–Crippen LogP) is 2.69. The SMILES string of the molecule is C=CC[C@H]1CNCCN1c1cccc(Cl)c1. The highest BCUT2D eigenvalue weighted by Gasteiger charge is 2.21. The third kappa shape index (κ3) is 2.57. The lowest BCUT2D eigenvalue weighted by molar-refractivity contribution is 0.479. The lowest BCUT2D eigenvalue weighted by Gasteiger charge is -2.37. The summed E-state index contributed by atoms with van der Waals surface area (Å²) in [5, 5.41) is 4.21. The molecule has 0 unspecified atom stereocenters. The van der Waals surface area contributed by atoms with Gasteiger partial charge in [-0.15, -0.1) is 6.58 Å². The van der Waals surface area contributed by atoms with Gasteiger partial charge in [-0.05, 0) is 24.6 Å². The van der Waals surface area contributed by atoms with Gasteiger partial charge in [0, 0.05) is 36.4 Å². The third-order valence-corrected chi connectivity index (χ3v) is 3.16. The molecule has 0 radical (unpaired) electrons. The smallest absolute Gasteiger partial charge is 0.0449 e. The molecule has 0 aromatic heterocycles. The Kier molecular flexibility index (Phi) is 3.86. The van der Waals surface area contributed by atoms with Crippen LogP contribution in [0.15, 0.2) is 36.9 Å². The van der Waals surface area contributed by atoms with Crippen molar-refractivity contribution in [2.45, 2.75) is 12.5 Å². The minimum atomic E-state index is 0.490. The van der Waals surface area contributed by atoms with Gasteiger partial charge in [0.1, 0.15) is 0 Å². The minimum absolute atomic E-state index is 0.490. The number of hydrogen-bond acceptors (Lipinski definition) is 2. The first-order valence-corrected chi connectivity index (χ1v) is 6.03. The Morgan fingerprint density at radius 1 is 1.56 bits per heavy atom. The van der Waals surface area contributed by atoms with E-state index in [9.17, 15) is 0 Å². The maximum atomic E-state index is 6.03. The maximum absolute atomic E-state index is 6.03. The molecule has 1 aliphatic rings. The Morgan fingerprint density at radius 3 is 3.19 bits per heavy atom. The van der Waals surface area contributed by atoms with Crippen LogP contribution in [0.1, 0.15) is 6.42 Å². The number of rotatable bonds is 3. The number of halogens is 1. The van der Waals surface area contributed by atoms with E-state index in [0.717, 1.165) is 31.1 Å². The van der Waals surface area contributed by atoms with Gasteiger partial charge >= 0.3 is 0 Å². The number of nitrogens with one attached hydrogen (secondary N) is 1. The van der Waals surface area contributed by atoms with Crippen LogP contribution >= 0.6 is 11.6 Å². The lowest BCUT2D eigenvalue weighted by Crippen LogP contribution is -2.51. The van der Waals surface area contributed by atoms with E-state index in [1.54, 1.807) is 0 Å². The van der Waals surface area contributed by atoms with E-state index in [2.05, 4.69) is 22.9 Å². The molecule has 3 heteroatoms. The summed E-state index contributed by atoms with van der Waals surface area (Å²) in [5.41, 5.74) is 1.21. The van der Waals surface area contributed by atoms with Gasteiger partial charge in [0.2, 0.25) is 0 Å². The second-order valence-corrected chi connectivity index (χ2v) is 4.49. The van der Waals surface area contributed by atoms with Crippen molar-refractivity contribution in [2.24, 2.45) is 0 Å². The predicted molar refractivity (Wildman–Crippen MR) is 70.3 cm³/mol. The molecule has 86 valence electrons. The van der Waals surface area contributed by atoms with Crippen LogP contribution in [0.4, 0.5) is 5.69 Å². The van der Waals surface area contributed by atoms with Crippen molar-refractivity contribution in [3.63, 3.8) is 0 Å². The van der Waals surface area contributed by atoms with Crippen LogP contribution in [-0.4, -0.2) is 25.7 Å². The molecule has 0 saturated carbocycles. The first-order chi connectivity index (χ1) is 7.81. The largest absolute Gasteiger partial charge is 0.366 e. The molecule has 1 atom stereocenters. The summed E-state index contributed by atoms with van der Waals surface area (Å²) in [4.78, 5) is 2.41. The van der Waals surface area contributed by atoms with Gasteiger partial charge < -0.3 is 10.2 Å². The summed E-state index contributed by atoms with van der Waals surface area (Å²) in [6.45, 7) is 6.89. The Labute approximate surface area is 102 Å². The summed E-state index contributed by atoms with van der Waals surface area (Å²) in [6, 6.07) is 8.56. The van der Waals surface area contributed by atoms with E-state index >= 15 is 0 Å². The second-order valence-electron chi connectivity index (χ2n) is 4.06. The summed E-state index contributed by atoms with van der Waals surface area (Å²) < 4.78 is 0. The van der Waals surface area contributed by atoms with Crippen LogP contribution < -0.4 is 10.2 Å². The highest BCUT2D eigenvalue weighted by atomic mass is 35.5. The standard InChI is InChI=1S/C13H17ClN2/c1-2-4-13-10-15-7-8-16(13)12-6-3-5-11(14)9-12/h2-3,5-6,9,13,15H,1,4,7-8,10H2/t13-/m0/s1. The summed E-state index contributed by atoms with van der Waals surface area (Å²) in [7, 11) is 0. The number of anilines is 1. The third-order valence-electron chi connectivity index (χ3n) is 2.93. The highest BCUT2D eigenvalue weighted by molar-refractivity contribution is 6.30. The van der Waals surface area contributed by atoms with Gasteiger partial charge in [0.05, 0.1) is 0 Å². The Balaban J connectivity index is 2.19. The second kappa shape index (κ2) is 5.37. The zero-order valence-corrected chi connectivity index (χ0v) is 10.1. The zero-order chi connectivity index (χ0) is 11.4. The van der Waals surface area contributed by atoms with E-state index in [4.69, 9.17) is 11.6 Å². The molecule has 2 rings (SSSR count). The maximum Gasteiger partial charge on any atom is 0.0449 e. The van der Waals surface area contributed by atoms with Gasteiger partial charge in [0.25, 0.3) is 0 Å². The normalized spacial score (nSPS) is 20.8. The van der Waals surface area contributed by atoms with Gasteiger partial charge in [-0.3, -0.25) is 0 Å². The monoisotopic (exact) mass is 236 g/mol. The van der Waals surface area contributed by atoms with Crippen molar-refractivity contribution in [1.82, 2.24) is 5.32 Å². The Morgan fingerprint density at radius 2 is 2.44 bits per heavy atom. The quantitative estimate of drug-likeness (QED) is 0.812. The lowest BCUT2D eigenvalue weighted by atomic mass is 10.1. The van der Waals surface area contributed by atoms with Crippen LogP contribution in [-0.2, 0) is 0 Å². The van der Waals surface area contributed by atoms with E-state index in [1.165, 1.54) is 5.69 Å². The molecule has 0 aliphatic carbocycles. The molecule has 2 nitrogen and oxygen atoms in total. The van der Waals surface area contributed by atoms with Crippen molar-refractivity contribution < 1.29 is 0 Å². The molecular weight excluding hydrogens is 220 g/mol. The molecular formula is C13H17ClN2. The Bertz CT molecular complexity index is 365. The first-order valence-electron chi connectivity index (χ1n) is 5.65. The van der Waals surface area contributed by atoms with Crippen molar-refractivity contribution >= 4 is 17.3 Å². The van der Waals surface area contributed by atoms with E-state index in [-0.39, 0.29) is 0 Å². The molecule has 1 aromatic carbocycles. The van der Waals surface area contributed by atoms with Crippen molar-refractivity contribution in [2.75, 3.05) is 24.5 Å². The minimum Gasteiger partial charge on any atom is -0.366 e. The van der Waals surface area contributed by atoms with Crippen LogP contribution in [0, 0.1) is 0 Å². The average Bonchev–Trinajstić information content (AvgIpc) is 2.30. The molecule has 0 spiro atoms. The molecule has 16 heavy (non-hydrogen) atoms. The van der Waals surface area contributed by atoms with Crippen molar-refractivity contribution in [3.05, 3.63) is 41.9 Å². The molecule has 1 saturated heterocycles. The molecule has 1 fully saturated rings. The number of nitrogens with zero attached hydrogens (tertiary/aromatic N) is 1. The van der Waals surface area contributed by atoms with Gasteiger partial charge in [0.15, 0.2) is 0 Å². The van der Waals surface area contributed by atoms with Gasteiger partial charge in [-0.25, -0.2) is 0 Å². The molecule has 0 amide bonds. The van der Waals surface area contributed by atoms with Crippen LogP contribution in [0.25, 0.3) is 0 Å². The average molecular weight is 237 g/mol. The van der Waals surface area contributed by atoms with Crippen LogP contribution in [0.3, 0.4) is 0 Å². The Hall–Kier alpha value is -0.990. The fourth-order valence-corrected chi connectivity index (χ4v) is 2.34. The fourth-order valence-electron chi connectivity index (χ4n) is 2.16. The molecule has 1 aromatic rings. The van der Waals surface area contributed by atoms with Crippen LogP contribution in [0.2, 0.25) is 5.02 Å². The molecule has 1 N–H and O–H groups in total. The molecule has 1 aliphatic heterocycles. The summed E-state index contributed by atoms with van der Waals surface area (Å²) >= 11 is 6.03. The highest BCUT2D eigenvalue weighted by Crippen LogP contribution is 2.23. The summed E-state index contributed by atoms with van der Waals surface area (Å²) in [6.07, 6.45) is 2.98. The first kappa shape index (κ1) is 11.5. The van der Waals surface area contributed by atoms with Crippen molar-refractivity contribution in [1.29, 1.82) is 0 Å². The molecule has 0 bridgehead atoms. The van der Waals surface area contributed by atoms with Crippen LogP contribution in [0.5, 0.6) is 0 Å². The summed E-state index contributed by atoms with van der Waals surface area (Å²) in [5.74, 6) is 0. The van der Waals surface area contributed by atoms with E-state index in [0.29, 0.717) is 6.04 Å². The number of benzene rings is 1.